The van der Waals surface area contributed by atoms with E-state index in [1.165, 1.54) is 27.5 Å². The van der Waals surface area contributed by atoms with E-state index in [2.05, 4.69) is 74.5 Å². The van der Waals surface area contributed by atoms with Crippen LogP contribution in [0, 0.1) is 5.92 Å². The second-order valence-electron chi connectivity index (χ2n) is 9.92. The number of carbonyl (C=O) groups excluding carboxylic acids is 1. The molecule has 0 bridgehead atoms. The number of esters is 1. The first kappa shape index (κ1) is 23.5. The summed E-state index contributed by atoms with van der Waals surface area (Å²) < 4.78 is 12.3. The van der Waals surface area contributed by atoms with Crippen molar-refractivity contribution in [3.05, 3.63) is 72.3 Å². The number of rotatable bonds is 7. The van der Waals surface area contributed by atoms with E-state index in [9.17, 15) is 4.79 Å². The molecule has 1 unspecified atom stereocenters. The Balaban J connectivity index is 1.40. The molecule has 3 aromatic carbocycles. The number of ether oxygens (including phenoxy) is 2. The van der Waals surface area contributed by atoms with Crippen LogP contribution in [0.1, 0.15) is 65.4 Å². The molecule has 0 saturated heterocycles. The molecule has 3 heteroatoms. The van der Waals surface area contributed by atoms with Crippen LogP contribution in [0.25, 0.3) is 21.9 Å². The molecule has 1 saturated carbocycles. The summed E-state index contributed by atoms with van der Waals surface area (Å²) in [4.78, 5) is 12.1. The van der Waals surface area contributed by atoms with Crippen molar-refractivity contribution in [3.8, 4) is 11.1 Å². The number of hydrogen-bond donors (Lipinski definition) is 0. The second-order valence-corrected chi connectivity index (χ2v) is 9.92. The molecule has 1 atom stereocenters. The van der Waals surface area contributed by atoms with Crippen molar-refractivity contribution in [1.82, 2.24) is 0 Å². The van der Waals surface area contributed by atoms with E-state index < -0.39 is 0 Å². The molecule has 174 valence electrons. The molecule has 3 nitrogen and oxygen atoms in total. The first-order valence-corrected chi connectivity index (χ1v) is 12.3. The summed E-state index contributed by atoms with van der Waals surface area (Å²) >= 11 is 0. The third kappa shape index (κ3) is 5.65. The van der Waals surface area contributed by atoms with E-state index in [1.807, 2.05) is 19.9 Å². The second kappa shape index (κ2) is 10.1. The highest BCUT2D eigenvalue weighted by Gasteiger charge is 2.31. The van der Waals surface area contributed by atoms with Gasteiger partial charge in [0, 0.05) is 0 Å². The third-order valence-corrected chi connectivity index (χ3v) is 7.02. The fourth-order valence-corrected chi connectivity index (χ4v) is 4.63. The van der Waals surface area contributed by atoms with Crippen molar-refractivity contribution in [2.24, 2.45) is 5.92 Å². The van der Waals surface area contributed by atoms with E-state index in [1.54, 1.807) is 0 Å². The molecular weight excluding hydrogens is 408 g/mol. The first-order valence-electron chi connectivity index (χ1n) is 12.3. The lowest BCUT2D eigenvalue weighted by molar-refractivity contribution is -0.159. The number of carbonyl (C=O) groups is 1. The number of fused-ring (bicyclic) bond motifs is 1. The van der Waals surface area contributed by atoms with Crippen molar-refractivity contribution < 1.29 is 14.3 Å². The molecule has 1 aliphatic rings. The van der Waals surface area contributed by atoms with Gasteiger partial charge in [0.25, 0.3) is 0 Å². The van der Waals surface area contributed by atoms with Crippen LogP contribution in [0.15, 0.2) is 66.7 Å². The predicted octanol–water partition coefficient (Wildman–Crippen LogP) is 7.66. The minimum Gasteiger partial charge on any atom is -0.462 e. The number of hydrogen-bond acceptors (Lipinski definition) is 3. The monoisotopic (exact) mass is 444 g/mol. The zero-order chi connectivity index (χ0) is 23.4. The third-order valence-electron chi connectivity index (χ3n) is 7.02. The fourth-order valence-electron chi connectivity index (χ4n) is 4.63. The Morgan fingerprint density at radius 3 is 2.21 bits per heavy atom. The molecule has 3 aromatic rings. The predicted molar refractivity (Wildman–Crippen MR) is 135 cm³/mol. The van der Waals surface area contributed by atoms with Gasteiger partial charge in [0.15, 0.2) is 0 Å². The molecule has 0 spiro atoms. The Labute approximate surface area is 198 Å². The Kier molecular flexibility index (Phi) is 7.19. The van der Waals surface area contributed by atoms with Gasteiger partial charge in [-0.15, -0.1) is 0 Å². The van der Waals surface area contributed by atoms with E-state index >= 15 is 0 Å². The SMILES string of the molecule is CCC(C)C(=O)OC1CCC(OC(C)(C)c2ccc3cc(-c4ccccc4)ccc3c2)CC1. The van der Waals surface area contributed by atoms with Crippen LogP contribution < -0.4 is 0 Å². The van der Waals surface area contributed by atoms with Crippen LogP contribution >= 0.6 is 0 Å². The standard InChI is InChI=1S/C30H36O3/c1-5-21(2)29(31)32-27-15-17-28(18-16-27)33-30(3,4)26-14-13-24-19-23(11-12-25(24)20-26)22-9-7-6-8-10-22/h6-14,19-21,27-28H,5,15-18H2,1-4H3. The Morgan fingerprint density at radius 2 is 1.52 bits per heavy atom. The molecule has 1 aliphatic carbocycles. The van der Waals surface area contributed by atoms with Gasteiger partial charge in [-0.1, -0.05) is 68.4 Å². The lowest BCUT2D eigenvalue weighted by Gasteiger charge is -2.35. The Hall–Kier alpha value is -2.65. The van der Waals surface area contributed by atoms with Crippen molar-refractivity contribution in [2.75, 3.05) is 0 Å². The van der Waals surface area contributed by atoms with Gasteiger partial charge < -0.3 is 9.47 Å². The van der Waals surface area contributed by atoms with Crippen molar-refractivity contribution >= 4 is 16.7 Å². The van der Waals surface area contributed by atoms with Crippen LogP contribution in [0.5, 0.6) is 0 Å². The quantitative estimate of drug-likeness (QED) is 0.351. The van der Waals surface area contributed by atoms with Crippen molar-refractivity contribution in [1.29, 1.82) is 0 Å². The van der Waals surface area contributed by atoms with Crippen LogP contribution in [-0.4, -0.2) is 18.2 Å². The smallest absolute Gasteiger partial charge is 0.308 e. The summed E-state index contributed by atoms with van der Waals surface area (Å²) in [6.07, 6.45) is 4.66. The van der Waals surface area contributed by atoms with Gasteiger partial charge in [-0.2, -0.15) is 0 Å². The molecule has 0 aromatic heterocycles. The summed E-state index contributed by atoms with van der Waals surface area (Å²) in [5.74, 6) is -0.0802. The lowest BCUT2D eigenvalue weighted by atomic mass is 9.91. The highest BCUT2D eigenvalue weighted by Crippen LogP contribution is 2.34. The summed E-state index contributed by atoms with van der Waals surface area (Å²) in [5.41, 5.74) is 3.28. The molecular formula is C30H36O3. The fraction of sp³-hybridized carbons (Fsp3) is 0.433. The highest BCUT2D eigenvalue weighted by atomic mass is 16.5. The van der Waals surface area contributed by atoms with E-state index in [0.29, 0.717) is 0 Å². The highest BCUT2D eigenvalue weighted by molar-refractivity contribution is 5.88. The molecule has 33 heavy (non-hydrogen) atoms. The van der Waals surface area contributed by atoms with Gasteiger partial charge in [-0.3, -0.25) is 4.79 Å². The number of benzene rings is 3. The zero-order valence-corrected chi connectivity index (χ0v) is 20.3. The largest absolute Gasteiger partial charge is 0.462 e. The van der Waals surface area contributed by atoms with Gasteiger partial charge in [-0.05, 0) is 85.5 Å². The van der Waals surface area contributed by atoms with Gasteiger partial charge >= 0.3 is 5.97 Å². The van der Waals surface area contributed by atoms with Gasteiger partial charge in [0.2, 0.25) is 0 Å². The molecule has 0 N–H and O–H groups in total. The molecule has 0 heterocycles. The van der Waals surface area contributed by atoms with Gasteiger partial charge in [-0.25, -0.2) is 0 Å². The molecule has 0 aliphatic heterocycles. The normalized spacial score (nSPS) is 19.9. The van der Waals surface area contributed by atoms with Gasteiger partial charge in [0.05, 0.1) is 17.6 Å². The molecule has 4 rings (SSSR count). The van der Waals surface area contributed by atoms with Crippen LogP contribution in [0.3, 0.4) is 0 Å². The maximum atomic E-state index is 12.1. The first-order chi connectivity index (χ1) is 15.9. The maximum absolute atomic E-state index is 12.1. The summed E-state index contributed by atoms with van der Waals surface area (Å²) in [6.45, 7) is 8.27. The zero-order valence-electron chi connectivity index (χ0n) is 20.3. The van der Waals surface area contributed by atoms with Crippen LogP contribution in [0.2, 0.25) is 0 Å². The van der Waals surface area contributed by atoms with Crippen molar-refractivity contribution in [3.63, 3.8) is 0 Å². The molecule has 1 fully saturated rings. The van der Waals surface area contributed by atoms with E-state index in [4.69, 9.17) is 9.47 Å². The van der Waals surface area contributed by atoms with Gasteiger partial charge in [0.1, 0.15) is 6.10 Å². The average molecular weight is 445 g/mol. The van der Waals surface area contributed by atoms with Crippen LogP contribution in [0.4, 0.5) is 0 Å². The molecule has 0 amide bonds. The van der Waals surface area contributed by atoms with Crippen LogP contribution in [-0.2, 0) is 19.9 Å². The summed E-state index contributed by atoms with van der Waals surface area (Å²) in [7, 11) is 0. The average Bonchev–Trinajstić information content (AvgIpc) is 2.84. The Bertz CT molecular complexity index is 1080. The van der Waals surface area contributed by atoms with Crippen molar-refractivity contribution in [2.45, 2.75) is 77.6 Å². The summed E-state index contributed by atoms with van der Waals surface area (Å²) in [5, 5.41) is 2.46. The Morgan fingerprint density at radius 1 is 0.879 bits per heavy atom. The van der Waals surface area contributed by atoms with E-state index in [-0.39, 0.29) is 29.7 Å². The minimum absolute atomic E-state index is 0.0189. The summed E-state index contributed by atoms with van der Waals surface area (Å²) in [6, 6.07) is 23.8. The topological polar surface area (TPSA) is 35.5 Å². The lowest BCUT2D eigenvalue weighted by Crippen LogP contribution is -2.34. The maximum Gasteiger partial charge on any atom is 0.308 e. The van der Waals surface area contributed by atoms with E-state index in [0.717, 1.165) is 32.1 Å². The minimum atomic E-state index is -0.378. The molecule has 0 radical (unpaired) electrons.